The molecular formula is C12H16BrN5. The van der Waals surface area contributed by atoms with Crippen molar-refractivity contribution >= 4 is 27.5 Å². The van der Waals surface area contributed by atoms with Gasteiger partial charge in [0.15, 0.2) is 5.65 Å². The van der Waals surface area contributed by atoms with Crippen molar-refractivity contribution in [3.63, 3.8) is 0 Å². The van der Waals surface area contributed by atoms with Crippen LogP contribution in [0.15, 0.2) is 22.8 Å². The van der Waals surface area contributed by atoms with E-state index < -0.39 is 0 Å². The van der Waals surface area contributed by atoms with Crippen molar-refractivity contribution in [3.8, 4) is 0 Å². The van der Waals surface area contributed by atoms with Crippen molar-refractivity contribution in [2.45, 2.75) is 6.42 Å². The van der Waals surface area contributed by atoms with Gasteiger partial charge in [0.2, 0.25) is 5.95 Å². The molecule has 2 aromatic rings. The minimum absolute atomic E-state index is 0.699. The van der Waals surface area contributed by atoms with Crippen LogP contribution in [0.4, 0.5) is 5.95 Å². The molecule has 1 fully saturated rings. The molecule has 3 rings (SSSR count). The van der Waals surface area contributed by atoms with Crippen LogP contribution in [-0.2, 0) is 0 Å². The number of hydrogen-bond acceptors (Lipinski definition) is 4. The van der Waals surface area contributed by atoms with Gasteiger partial charge in [-0.3, -0.25) is 0 Å². The molecule has 3 heterocycles. The van der Waals surface area contributed by atoms with E-state index in [2.05, 4.69) is 36.2 Å². The second kappa shape index (κ2) is 4.85. The highest BCUT2D eigenvalue weighted by molar-refractivity contribution is 9.10. The van der Waals surface area contributed by atoms with Crippen LogP contribution in [0.2, 0.25) is 0 Å². The van der Waals surface area contributed by atoms with Crippen molar-refractivity contribution in [3.05, 3.63) is 22.8 Å². The van der Waals surface area contributed by atoms with Gasteiger partial charge in [0, 0.05) is 19.3 Å². The molecule has 5 nitrogen and oxygen atoms in total. The molecule has 96 valence electrons. The molecule has 0 saturated carbocycles. The lowest BCUT2D eigenvalue weighted by Gasteiger charge is -2.13. The van der Waals surface area contributed by atoms with Crippen LogP contribution >= 0.6 is 15.9 Å². The van der Waals surface area contributed by atoms with Crippen LogP contribution in [0.25, 0.3) is 5.65 Å². The van der Waals surface area contributed by atoms with Crippen LogP contribution in [0.1, 0.15) is 6.42 Å². The molecule has 1 saturated heterocycles. The molecule has 1 atom stereocenters. The summed E-state index contributed by atoms with van der Waals surface area (Å²) in [5, 5.41) is 7.77. The van der Waals surface area contributed by atoms with Gasteiger partial charge in [0.05, 0.1) is 4.47 Å². The summed E-state index contributed by atoms with van der Waals surface area (Å²) in [6.45, 7) is 3.14. The number of fused-ring (bicyclic) bond motifs is 1. The normalized spacial score (nSPS) is 19.9. The standard InChI is InChI=1S/C12H16BrN5/c1-14-7-9-4-6-17(8-9)12-15-11-10(13)3-2-5-18(11)16-12/h2-3,5,9,14H,4,6-8H2,1H3. The zero-order chi connectivity index (χ0) is 12.5. The van der Waals surface area contributed by atoms with E-state index in [0.717, 1.165) is 35.7 Å². The third-order valence-electron chi connectivity index (χ3n) is 3.37. The number of aromatic nitrogens is 3. The van der Waals surface area contributed by atoms with E-state index in [-0.39, 0.29) is 0 Å². The molecule has 0 aliphatic carbocycles. The molecule has 18 heavy (non-hydrogen) atoms. The first-order chi connectivity index (χ1) is 8.78. The van der Waals surface area contributed by atoms with Gasteiger partial charge in [-0.25, -0.2) is 4.52 Å². The second-order valence-corrected chi connectivity index (χ2v) is 5.55. The fourth-order valence-corrected chi connectivity index (χ4v) is 2.89. The Morgan fingerprint density at radius 1 is 1.56 bits per heavy atom. The van der Waals surface area contributed by atoms with Crippen molar-refractivity contribution in [2.24, 2.45) is 5.92 Å². The monoisotopic (exact) mass is 309 g/mol. The molecule has 1 unspecified atom stereocenters. The third kappa shape index (κ3) is 2.10. The molecule has 6 heteroatoms. The van der Waals surface area contributed by atoms with Crippen molar-refractivity contribution in [1.82, 2.24) is 19.9 Å². The van der Waals surface area contributed by atoms with Gasteiger partial charge in [-0.15, -0.1) is 5.10 Å². The summed E-state index contributed by atoms with van der Waals surface area (Å²) in [5.41, 5.74) is 0.879. The lowest BCUT2D eigenvalue weighted by atomic mass is 10.1. The molecule has 0 amide bonds. The molecular weight excluding hydrogens is 294 g/mol. The van der Waals surface area contributed by atoms with Gasteiger partial charge in [-0.2, -0.15) is 4.98 Å². The summed E-state index contributed by atoms with van der Waals surface area (Å²) in [4.78, 5) is 6.86. The Kier molecular flexibility index (Phi) is 3.22. The Labute approximate surface area is 114 Å². The fraction of sp³-hybridized carbons (Fsp3) is 0.500. The van der Waals surface area contributed by atoms with E-state index in [1.54, 1.807) is 0 Å². The number of pyridine rings is 1. The number of nitrogens with zero attached hydrogens (tertiary/aromatic N) is 4. The SMILES string of the molecule is CNCC1CCN(c2nc3c(Br)cccn3n2)C1. The summed E-state index contributed by atoms with van der Waals surface area (Å²) in [6, 6.07) is 3.95. The maximum Gasteiger partial charge on any atom is 0.245 e. The van der Waals surface area contributed by atoms with Crippen LogP contribution in [0, 0.1) is 5.92 Å². The second-order valence-electron chi connectivity index (χ2n) is 4.69. The highest BCUT2D eigenvalue weighted by Gasteiger charge is 2.24. The quantitative estimate of drug-likeness (QED) is 0.934. The first-order valence-electron chi connectivity index (χ1n) is 6.18. The summed E-state index contributed by atoms with van der Waals surface area (Å²) in [5.74, 6) is 1.53. The molecule has 0 radical (unpaired) electrons. The lowest BCUT2D eigenvalue weighted by Crippen LogP contribution is -2.25. The average Bonchev–Trinajstić information content (AvgIpc) is 2.96. The van der Waals surface area contributed by atoms with Gasteiger partial charge in [0.1, 0.15) is 0 Å². The van der Waals surface area contributed by atoms with Crippen LogP contribution < -0.4 is 10.2 Å². The van der Waals surface area contributed by atoms with E-state index in [1.165, 1.54) is 6.42 Å². The van der Waals surface area contributed by atoms with Gasteiger partial charge in [-0.1, -0.05) is 0 Å². The van der Waals surface area contributed by atoms with Crippen molar-refractivity contribution < 1.29 is 0 Å². The lowest BCUT2D eigenvalue weighted by molar-refractivity contribution is 0.548. The Morgan fingerprint density at radius 2 is 2.44 bits per heavy atom. The van der Waals surface area contributed by atoms with E-state index >= 15 is 0 Å². The van der Waals surface area contributed by atoms with Gasteiger partial charge in [-0.05, 0) is 54.0 Å². The number of rotatable bonds is 3. The van der Waals surface area contributed by atoms with E-state index in [1.807, 2.05) is 29.9 Å². The van der Waals surface area contributed by atoms with Gasteiger partial charge >= 0.3 is 0 Å². The highest BCUT2D eigenvalue weighted by Crippen LogP contribution is 2.23. The van der Waals surface area contributed by atoms with E-state index in [9.17, 15) is 0 Å². The predicted molar refractivity (Wildman–Crippen MR) is 74.9 cm³/mol. The van der Waals surface area contributed by atoms with E-state index in [4.69, 9.17) is 0 Å². The topological polar surface area (TPSA) is 45.5 Å². The number of hydrogen-bond donors (Lipinski definition) is 1. The molecule has 1 aliphatic rings. The van der Waals surface area contributed by atoms with Crippen LogP contribution in [0.5, 0.6) is 0 Å². The number of nitrogens with one attached hydrogen (secondary N) is 1. The third-order valence-corrected chi connectivity index (χ3v) is 3.98. The Hall–Kier alpha value is -1.14. The average molecular weight is 310 g/mol. The Morgan fingerprint density at radius 3 is 3.22 bits per heavy atom. The predicted octanol–water partition coefficient (Wildman–Crippen LogP) is 1.54. The van der Waals surface area contributed by atoms with E-state index in [0.29, 0.717) is 5.92 Å². The summed E-state index contributed by atoms with van der Waals surface area (Å²) in [7, 11) is 2.00. The first-order valence-corrected chi connectivity index (χ1v) is 6.97. The van der Waals surface area contributed by atoms with Crippen LogP contribution in [0.3, 0.4) is 0 Å². The number of halogens is 1. The molecule has 1 N–H and O–H groups in total. The largest absolute Gasteiger partial charge is 0.339 e. The maximum atomic E-state index is 4.60. The number of anilines is 1. The smallest absolute Gasteiger partial charge is 0.245 e. The summed E-state index contributed by atoms with van der Waals surface area (Å²) < 4.78 is 2.81. The Bertz CT molecular complexity index is 552. The Balaban J connectivity index is 1.85. The molecule has 2 aromatic heterocycles. The van der Waals surface area contributed by atoms with Crippen LogP contribution in [-0.4, -0.2) is 41.3 Å². The summed E-state index contributed by atoms with van der Waals surface area (Å²) in [6.07, 6.45) is 3.13. The summed E-state index contributed by atoms with van der Waals surface area (Å²) >= 11 is 3.50. The van der Waals surface area contributed by atoms with Crippen molar-refractivity contribution in [1.29, 1.82) is 0 Å². The maximum absolute atomic E-state index is 4.60. The molecule has 1 aliphatic heterocycles. The van der Waals surface area contributed by atoms with Crippen molar-refractivity contribution in [2.75, 3.05) is 31.6 Å². The zero-order valence-electron chi connectivity index (χ0n) is 10.3. The minimum Gasteiger partial charge on any atom is -0.339 e. The molecule has 0 bridgehead atoms. The molecule has 0 spiro atoms. The van der Waals surface area contributed by atoms with Gasteiger partial charge < -0.3 is 10.2 Å². The zero-order valence-corrected chi connectivity index (χ0v) is 11.9. The van der Waals surface area contributed by atoms with Gasteiger partial charge in [0.25, 0.3) is 0 Å². The molecule has 0 aromatic carbocycles. The fourth-order valence-electron chi connectivity index (χ4n) is 2.47. The minimum atomic E-state index is 0.699. The highest BCUT2D eigenvalue weighted by atomic mass is 79.9. The first kappa shape index (κ1) is 11.9.